The van der Waals surface area contributed by atoms with Crippen LogP contribution in [0.3, 0.4) is 0 Å². The molecule has 0 aliphatic carbocycles. The normalized spacial score (nSPS) is 23.1. The Balaban J connectivity index is 1.80. The fourth-order valence-electron chi connectivity index (χ4n) is 4.49. The van der Waals surface area contributed by atoms with Crippen molar-refractivity contribution >= 4 is 0 Å². The summed E-state index contributed by atoms with van der Waals surface area (Å²) in [6.45, 7) is 0. The van der Waals surface area contributed by atoms with Crippen LogP contribution < -0.4 is 4.74 Å². The van der Waals surface area contributed by atoms with Gasteiger partial charge >= 0.3 is 0 Å². The van der Waals surface area contributed by atoms with Crippen LogP contribution in [-0.4, -0.2) is 5.11 Å². The highest BCUT2D eigenvalue weighted by Gasteiger charge is 2.51. The number of hydrogen-bond donors (Lipinski definition) is 1. The molecule has 0 spiro atoms. The van der Waals surface area contributed by atoms with Gasteiger partial charge in [-0.05, 0) is 17.2 Å². The van der Waals surface area contributed by atoms with Crippen LogP contribution in [0.4, 0.5) is 0 Å². The minimum absolute atomic E-state index is 0.0474. The standard InChI is InChI=1S/C27H22O2/c28-27(22-16-8-3-9-17-22)26(21-14-6-2-7-15-21)25(20-12-4-1-5-13-20)23-18-10-11-19-24(23)29-27/h1-19,25-26,28H/t25-,26+,27-/m0/s1. The zero-order valence-corrected chi connectivity index (χ0v) is 16.0. The number of fused-ring (bicyclic) bond motifs is 1. The molecule has 4 aromatic carbocycles. The molecule has 0 aromatic heterocycles. The zero-order valence-electron chi connectivity index (χ0n) is 16.0. The van der Waals surface area contributed by atoms with Gasteiger partial charge in [0.25, 0.3) is 0 Å². The summed E-state index contributed by atoms with van der Waals surface area (Å²) in [6, 6.07) is 38.3. The largest absolute Gasteiger partial charge is 0.457 e. The van der Waals surface area contributed by atoms with Crippen LogP contribution in [0.15, 0.2) is 115 Å². The van der Waals surface area contributed by atoms with Crippen molar-refractivity contribution in [3.63, 3.8) is 0 Å². The topological polar surface area (TPSA) is 29.5 Å². The fraction of sp³-hybridized carbons (Fsp3) is 0.111. The first-order valence-electron chi connectivity index (χ1n) is 9.93. The lowest BCUT2D eigenvalue weighted by molar-refractivity contribution is -0.177. The van der Waals surface area contributed by atoms with E-state index in [0.717, 1.165) is 28.0 Å². The van der Waals surface area contributed by atoms with Crippen LogP contribution >= 0.6 is 0 Å². The van der Waals surface area contributed by atoms with E-state index >= 15 is 0 Å². The Morgan fingerprint density at radius 2 is 1.10 bits per heavy atom. The highest BCUT2D eigenvalue weighted by molar-refractivity contribution is 5.50. The van der Waals surface area contributed by atoms with Gasteiger partial charge in [0.05, 0.1) is 5.92 Å². The van der Waals surface area contributed by atoms with E-state index in [1.54, 1.807) is 0 Å². The third-order valence-corrected chi connectivity index (χ3v) is 5.78. The average molecular weight is 378 g/mol. The van der Waals surface area contributed by atoms with Crippen molar-refractivity contribution in [2.24, 2.45) is 0 Å². The number of benzene rings is 4. The van der Waals surface area contributed by atoms with Crippen LogP contribution in [0.1, 0.15) is 34.1 Å². The molecule has 2 nitrogen and oxygen atoms in total. The Kier molecular flexibility index (Phi) is 4.42. The maximum Gasteiger partial charge on any atom is 0.242 e. The van der Waals surface area contributed by atoms with E-state index in [0.29, 0.717) is 0 Å². The summed E-state index contributed by atoms with van der Waals surface area (Å²) >= 11 is 0. The molecule has 1 heterocycles. The number of hydrogen-bond acceptors (Lipinski definition) is 2. The zero-order chi connectivity index (χ0) is 19.7. The molecule has 0 radical (unpaired) electrons. The van der Waals surface area contributed by atoms with Crippen LogP contribution in [0.25, 0.3) is 0 Å². The summed E-state index contributed by atoms with van der Waals surface area (Å²) in [5, 5.41) is 12.1. The molecule has 0 amide bonds. The Bertz CT molecular complexity index is 1090. The van der Waals surface area contributed by atoms with E-state index < -0.39 is 5.79 Å². The molecule has 0 saturated carbocycles. The lowest BCUT2D eigenvalue weighted by atomic mass is 9.69. The van der Waals surface area contributed by atoms with Crippen molar-refractivity contribution in [2.75, 3.05) is 0 Å². The minimum atomic E-state index is -1.49. The lowest BCUT2D eigenvalue weighted by Gasteiger charge is -2.46. The van der Waals surface area contributed by atoms with Gasteiger partial charge in [-0.3, -0.25) is 0 Å². The third-order valence-electron chi connectivity index (χ3n) is 5.78. The van der Waals surface area contributed by atoms with Crippen molar-refractivity contribution in [2.45, 2.75) is 17.6 Å². The Labute approximate surface area is 171 Å². The summed E-state index contributed by atoms with van der Waals surface area (Å²) in [5.41, 5.74) is 4.05. The van der Waals surface area contributed by atoms with Gasteiger partial charge in [-0.25, -0.2) is 0 Å². The van der Waals surface area contributed by atoms with Crippen LogP contribution in [-0.2, 0) is 5.79 Å². The molecule has 29 heavy (non-hydrogen) atoms. The van der Waals surface area contributed by atoms with Crippen molar-refractivity contribution in [1.82, 2.24) is 0 Å². The molecule has 0 fully saturated rings. The van der Waals surface area contributed by atoms with Gasteiger partial charge in [-0.1, -0.05) is 109 Å². The minimum Gasteiger partial charge on any atom is -0.457 e. The predicted octanol–water partition coefficient (Wildman–Crippen LogP) is 5.84. The third kappa shape index (κ3) is 3.02. The molecular formula is C27H22O2. The van der Waals surface area contributed by atoms with Gasteiger partial charge < -0.3 is 9.84 Å². The summed E-state index contributed by atoms with van der Waals surface area (Å²) in [6.07, 6.45) is 0. The van der Waals surface area contributed by atoms with E-state index in [1.165, 1.54) is 0 Å². The van der Waals surface area contributed by atoms with Crippen molar-refractivity contribution < 1.29 is 9.84 Å². The summed E-state index contributed by atoms with van der Waals surface area (Å²) in [7, 11) is 0. The second-order valence-electron chi connectivity index (χ2n) is 7.48. The van der Waals surface area contributed by atoms with E-state index in [9.17, 15) is 5.11 Å². The van der Waals surface area contributed by atoms with Crippen molar-refractivity contribution in [3.05, 3.63) is 138 Å². The van der Waals surface area contributed by atoms with Gasteiger partial charge in [0.1, 0.15) is 5.75 Å². The van der Waals surface area contributed by atoms with E-state index in [-0.39, 0.29) is 11.8 Å². The van der Waals surface area contributed by atoms with E-state index in [4.69, 9.17) is 4.74 Å². The van der Waals surface area contributed by atoms with Crippen LogP contribution in [0.2, 0.25) is 0 Å². The number of para-hydroxylation sites is 1. The summed E-state index contributed by atoms with van der Waals surface area (Å²) < 4.78 is 6.38. The highest BCUT2D eigenvalue weighted by Crippen LogP contribution is 2.55. The molecule has 0 unspecified atom stereocenters. The van der Waals surface area contributed by atoms with Crippen LogP contribution in [0, 0.1) is 0 Å². The van der Waals surface area contributed by atoms with Gasteiger partial charge in [0.2, 0.25) is 5.79 Å². The molecule has 1 N–H and O–H groups in total. The Morgan fingerprint density at radius 1 is 0.586 bits per heavy atom. The van der Waals surface area contributed by atoms with E-state index in [2.05, 4.69) is 42.5 Å². The second kappa shape index (κ2) is 7.23. The maximum absolute atomic E-state index is 12.1. The SMILES string of the molecule is O[C@@]1(c2ccccc2)Oc2ccccc2[C@H](c2ccccc2)[C@H]1c1ccccc1. The lowest BCUT2D eigenvalue weighted by Crippen LogP contribution is -2.45. The van der Waals surface area contributed by atoms with Crippen LogP contribution in [0.5, 0.6) is 5.75 Å². The maximum atomic E-state index is 12.1. The van der Waals surface area contributed by atoms with Crippen molar-refractivity contribution in [1.29, 1.82) is 0 Å². The number of aliphatic hydroxyl groups is 1. The quantitative estimate of drug-likeness (QED) is 0.485. The van der Waals surface area contributed by atoms with Gasteiger partial charge in [0.15, 0.2) is 0 Å². The van der Waals surface area contributed by atoms with Crippen molar-refractivity contribution in [3.8, 4) is 5.75 Å². The summed E-state index contributed by atoms with van der Waals surface area (Å²) in [5.74, 6) is -1.12. The molecule has 1 aliphatic rings. The monoisotopic (exact) mass is 378 g/mol. The molecule has 1 aliphatic heterocycles. The average Bonchev–Trinajstić information content (AvgIpc) is 2.80. The molecule has 2 heteroatoms. The first-order valence-corrected chi connectivity index (χ1v) is 9.93. The first kappa shape index (κ1) is 17.7. The van der Waals surface area contributed by atoms with Gasteiger partial charge in [0, 0.05) is 17.0 Å². The molecule has 4 aromatic rings. The smallest absolute Gasteiger partial charge is 0.242 e. The summed E-state index contributed by atoms with van der Waals surface area (Å²) in [4.78, 5) is 0. The molecule has 0 bridgehead atoms. The fourth-order valence-corrected chi connectivity index (χ4v) is 4.49. The molecule has 3 atom stereocenters. The molecule has 0 saturated heterocycles. The highest BCUT2D eigenvalue weighted by atomic mass is 16.6. The molecular weight excluding hydrogens is 356 g/mol. The Morgan fingerprint density at radius 3 is 1.76 bits per heavy atom. The van der Waals surface area contributed by atoms with Gasteiger partial charge in [-0.2, -0.15) is 0 Å². The predicted molar refractivity (Wildman–Crippen MR) is 115 cm³/mol. The molecule has 5 rings (SSSR count). The number of rotatable bonds is 3. The first-order chi connectivity index (χ1) is 14.3. The van der Waals surface area contributed by atoms with Gasteiger partial charge in [-0.15, -0.1) is 0 Å². The second-order valence-corrected chi connectivity index (χ2v) is 7.48. The number of ether oxygens (including phenoxy) is 1. The Hall–Kier alpha value is -3.36. The van der Waals surface area contributed by atoms with E-state index in [1.807, 2.05) is 72.8 Å². The molecule has 142 valence electrons.